The molecule has 5 heteroatoms. The molecule has 0 fully saturated rings. The third-order valence-electron chi connectivity index (χ3n) is 3.97. The van der Waals surface area contributed by atoms with Crippen molar-refractivity contribution < 1.29 is 9.53 Å². The molecule has 0 spiro atoms. The minimum Gasteiger partial charge on any atom is -0.497 e. The molecule has 0 saturated carbocycles. The third-order valence-corrected chi connectivity index (χ3v) is 3.97. The quantitative estimate of drug-likeness (QED) is 0.810. The van der Waals surface area contributed by atoms with Crippen LogP contribution in [0.1, 0.15) is 29.9 Å². The highest BCUT2D eigenvalue weighted by Gasteiger charge is 2.08. The number of ether oxygens (including phenoxy) is 1. The van der Waals surface area contributed by atoms with Gasteiger partial charge in [-0.25, -0.2) is 4.98 Å². The first-order valence-electron chi connectivity index (χ1n) is 8.30. The number of hydrogen-bond donors (Lipinski definition) is 1. The van der Waals surface area contributed by atoms with Crippen LogP contribution in [-0.2, 0) is 6.42 Å². The molecule has 0 atom stereocenters. The fourth-order valence-electron chi connectivity index (χ4n) is 2.50. The second-order valence-corrected chi connectivity index (χ2v) is 5.43. The maximum atomic E-state index is 12.1. The molecule has 2 aromatic rings. The predicted octanol–water partition coefficient (Wildman–Crippen LogP) is 2.91. The van der Waals surface area contributed by atoms with E-state index < -0.39 is 0 Å². The van der Waals surface area contributed by atoms with Crippen LogP contribution in [0.4, 0.5) is 5.69 Å². The summed E-state index contributed by atoms with van der Waals surface area (Å²) < 4.78 is 5.13. The van der Waals surface area contributed by atoms with Gasteiger partial charge >= 0.3 is 0 Å². The highest BCUT2D eigenvalue weighted by Crippen LogP contribution is 2.13. The summed E-state index contributed by atoms with van der Waals surface area (Å²) in [6.07, 6.45) is 2.53. The fraction of sp³-hybridized carbons (Fsp3) is 0.368. The van der Waals surface area contributed by atoms with E-state index in [1.807, 2.05) is 30.3 Å². The molecule has 0 saturated heterocycles. The summed E-state index contributed by atoms with van der Waals surface area (Å²) in [6.45, 7) is 6.62. The number of anilines is 1. The van der Waals surface area contributed by atoms with Crippen molar-refractivity contribution in [2.24, 2.45) is 0 Å². The van der Waals surface area contributed by atoms with Crippen molar-refractivity contribution in [1.82, 2.24) is 10.3 Å². The minimum atomic E-state index is -0.144. The second-order valence-electron chi connectivity index (χ2n) is 5.43. The number of carbonyl (C=O) groups is 1. The predicted molar refractivity (Wildman–Crippen MR) is 96.8 cm³/mol. The number of rotatable bonds is 8. The van der Waals surface area contributed by atoms with Gasteiger partial charge in [-0.05, 0) is 50.1 Å². The van der Waals surface area contributed by atoms with Crippen molar-refractivity contribution in [3.63, 3.8) is 0 Å². The van der Waals surface area contributed by atoms with Gasteiger partial charge in [-0.2, -0.15) is 0 Å². The lowest BCUT2D eigenvalue weighted by molar-refractivity contribution is 0.0949. The van der Waals surface area contributed by atoms with Crippen LogP contribution in [0.15, 0.2) is 42.6 Å². The Morgan fingerprint density at radius 1 is 1.12 bits per heavy atom. The Balaban J connectivity index is 1.85. The zero-order chi connectivity index (χ0) is 17.4. The molecule has 0 bridgehead atoms. The Morgan fingerprint density at radius 2 is 1.83 bits per heavy atom. The molecule has 128 valence electrons. The Morgan fingerprint density at radius 3 is 2.38 bits per heavy atom. The Hall–Kier alpha value is -2.56. The van der Waals surface area contributed by atoms with Gasteiger partial charge < -0.3 is 15.0 Å². The zero-order valence-electron chi connectivity index (χ0n) is 14.6. The van der Waals surface area contributed by atoms with Crippen molar-refractivity contribution in [2.45, 2.75) is 20.3 Å². The van der Waals surface area contributed by atoms with Gasteiger partial charge in [-0.3, -0.25) is 4.79 Å². The van der Waals surface area contributed by atoms with Gasteiger partial charge in [0, 0.05) is 19.6 Å². The number of nitrogens with one attached hydrogen (secondary N) is 1. The van der Waals surface area contributed by atoms with E-state index in [-0.39, 0.29) is 5.91 Å². The number of carbonyl (C=O) groups excluding carboxylic acids is 1. The van der Waals surface area contributed by atoms with Crippen LogP contribution in [0, 0.1) is 0 Å². The number of pyridine rings is 1. The first-order valence-corrected chi connectivity index (χ1v) is 8.30. The van der Waals surface area contributed by atoms with E-state index in [2.05, 4.69) is 29.0 Å². The molecule has 0 radical (unpaired) electrons. The average molecular weight is 327 g/mol. The molecule has 24 heavy (non-hydrogen) atoms. The number of nitrogens with zero attached hydrogens (tertiary/aromatic N) is 2. The number of aromatic nitrogens is 1. The van der Waals surface area contributed by atoms with Crippen LogP contribution < -0.4 is 15.0 Å². The molecule has 0 aliphatic rings. The summed E-state index contributed by atoms with van der Waals surface area (Å²) in [5.41, 5.74) is 2.64. The van der Waals surface area contributed by atoms with Crippen LogP contribution in [0.5, 0.6) is 5.75 Å². The minimum absolute atomic E-state index is 0.144. The lowest BCUT2D eigenvalue weighted by Gasteiger charge is -2.20. The lowest BCUT2D eigenvalue weighted by Crippen LogP contribution is -2.27. The monoisotopic (exact) mass is 327 g/mol. The van der Waals surface area contributed by atoms with E-state index in [9.17, 15) is 4.79 Å². The van der Waals surface area contributed by atoms with Crippen molar-refractivity contribution in [2.75, 3.05) is 31.6 Å². The standard InChI is InChI=1S/C19H25N3O2/c1-4-22(5-2)16-8-11-18(21-14-16)19(23)20-13-12-15-6-9-17(24-3)10-7-15/h6-11,14H,4-5,12-13H2,1-3H3,(H,20,23). The summed E-state index contributed by atoms with van der Waals surface area (Å²) >= 11 is 0. The summed E-state index contributed by atoms with van der Waals surface area (Å²) in [4.78, 5) is 18.6. The maximum absolute atomic E-state index is 12.1. The van der Waals surface area contributed by atoms with E-state index in [0.717, 1.165) is 36.5 Å². The second kappa shape index (κ2) is 8.91. The van der Waals surface area contributed by atoms with Crippen molar-refractivity contribution in [3.05, 3.63) is 53.9 Å². The van der Waals surface area contributed by atoms with Crippen molar-refractivity contribution in [3.8, 4) is 5.75 Å². The van der Waals surface area contributed by atoms with Crippen LogP contribution >= 0.6 is 0 Å². The summed E-state index contributed by atoms with van der Waals surface area (Å²) in [5.74, 6) is 0.690. The van der Waals surface area contributed by atoms with E-state index in [1.54, 1.807) is 19.4 Å². The van der Waals surface area contributed by atoms with Crippen molar-refractivity contribution >= 4 is 11.6 Å². The third kappa shape index (κ3) is 4.72. The maximum Gasteiger partial charge on any atom is 0.269 e. The molecule has 1 amide bonds. The molecule has 2 rings (SSSR count). The van der Waals surface area contributed by atoms with Gasteiger partial charge in [-0.1, -0.05) is 12.1 Å². The molecule has 1 aromatic heterocycles. The molecular weight excluding hydrogens is 302 g/mol. The van der Waals surface area contributed by atoms with Gasteiger partial charge in [0.1, 0.15) is 11.4 Å². The Labute approximate surface area is 143 Å². The number of methoxy groups -OCH3 is 1. The first kappa shape index (κ1) is 17.8. The number of benzene rings is 1. The van der Waals surface area contributed by atoms with Crippen LogP contribution in [-0.4, -0.2) is 37.6 Å². The van der Waals surface area contributed by atoms with E-state index in [4.69, 9.17) is 4.74 Å². The van der Waals surface area contributed by atoms with E-state index in [1.165, 1.54) is 0 Å². The molecule has 1 heterocycles. The van der Waals surface area contributed by atoms with Crippen LogP contribution in [0.3, 0.4) is 0 Å². The van der Waals surface area contributed by atoms with E-state index in [0.29, 0.717) is 12.2 Å². The highest BCUT2D eigenvalue weighted by molar-refractivity contribution is 5.92. The van der Waals surface area contributed by atoms with Gasteiger partial charge in [-0.15, -0.1) is 0 Å². The topological polar surface area (TPSA) is 54.5 Å². The Kier molecular flexibility index (Phi) is 6.61. The van der Waals surface area contributed by atoms with Gasteiger partial charge in [0.25, 0.3) is 5.91 Å². The van der Waals surface area contributed by atoms with Crippen LogP contribution in [0.25, 0.3) is 0 Å². The smallest absolute Gasteiger partial charge is 0.269 e. The zero-order valence-corrected chi connectivity index (χ0v) is 14.6. The van der Waals surface area contributed by atoms with Crippen LogP contribution in [0.2, 0.25) is 0 Å². The normalized spacial score (nSPS) is 10.3. The van der Waals surface area contributed by atoms with E-state index >= 15 is 0 Å². The molecule has 5 nitrogen and oxygen atoms in total. The summed E-state index contributed by atoms with van der Waals surface area (Å²) in [5, 5.41) is 2.91. The van der Waals surface area contributed by atoms with Gasteiger partial charge in [0.05, 0.1) is 19.0 Å². The SMILES string of the molecule is CCN(CC)c1ccc(C(=O)NCCc2ccc(OC)cc2)nc1. The molecule has 0 aliphatic carbocycles. The lowest BCUT2D eigenvalue weighted by atomic mass is 10.1. The molecule has 1 aromatic carbocycles. The number of amides is 1. The highest BCUT2D eigenvalue weighted by atomic mass is 16.5. The Bertz CT molecular complexity index is 635. The fourth-order valence-corrected chi connectivity index (χ4v) is 2.50. The summed E-state index contributed by atoms with van der Waals surface area (Å²) in [6, 6.07) is 11.6. The van der Waals surface area contributed by atoms with Gasteiger partial charge in [0.2, 0.25) is 0 Å². The largest absolute Gasteiger partial charge is 0.497 e. The average Bonchev–Trinajstić information content (AvgIpc) is 2.64. The first-order chi connectivity index (χ1) is 11.7. The molecule has 1 N–H and O–H groups in total. The van der Waals surface area contributed by atoms with Crippen molar-refractivity contribution in [1.29, 1.82) is 0 Å². The summed E-state index contributed by atoms with van der Waals surface area (Å²) in [7, 11) is 1.65. The van der Waals surface area contributed by atoms with Gasteiger partial charge in [0.15, 0.2) is 0 Å². The molecule has 0 aliphatic heterocycles. The molecule has 0 unspecified atom stereocenters. The number of hydrogen-bond acceptors (Lipinski definition) is 4. The molecular formula is C19H25N3O2.